The van der Waals surface area contributed by atoms with E-state index in [-0.39, 0.29) is 5.78 Å². The minimum absolute atomic E-state index is 0.176. The number of hydrogen-bond donors (Lipinski definition) is 0. The summed E-state index contributed by atoms with van der Waals surface area (Å²) in [5, 5.41) is 0. The number of carbonyl (C=O) groups excluding carboxylic acids is 1. The van der Waals surface area contributed by atoms with E-state index in [9.17, 15) is 4.79 Å². The monoisotopic (exact) mass is 150 g/mol. The van der Waals surface area contributed by atoms with Crippen molar-refractivity contribution in [3.8, 4) is 0 Å². The van der Waals surface area contributed by atoms with Crippen molar-refractivity contribution in [2.45, 2.75) is 26.7 Å². The quantitative estimate of drug-likeness (QED) is 0.561. The molecule has 1 atom stereocenters. The van der Waals surface area contributed by atoms with Crippen LogP contribution in [0.4, 0.5) is 0 Å². The van der Waals surface area contributed by atoms with Gasteiger partial charge in [-0.2, -0.15) is 0 Å². The second-order valence-electron chi connectivity index (χ2n) is 3.14. The van der Waals surface area contributed by atoms with Crippen molar-refractivity contribution in [2.75, 3.05) is 0 Å². The Morgan fingerprint density at radius 1 is 1.64 bits per heavy atom. The summed E-state index contributed by atoms with van der Waals surface area (Å²) < 4.78 is 0. The fraction of sp³-hybridized carbons (Fsp3) is 0.500. The Balaban J connectivity index is 2.79. The second kappa shape index (κ2) is 3.51. The van der Waals surface area contributed by atoms with E-state index < -0.39 is 0 Å². The Labute approximate surface area is 67.8 Å². The lowest BCUT2D eigenvalue weighted by Gasteiger charge is -2.01. The summed E-state index contributed by atoms with van der Waals surface area (Å²) in [5.41, 5.74) is 0.870. The fourth-order valence-corrected chi connectivity index (χ4v) is 1.25. The summed E-state index contributed by atoms with van der Waals surface area (Å²) in [6.45, 7) is 3.77. The predicted molar refractivity (Wildman–Crippen MR) is 46.3 cm³/mol. The molecular weight excluding hydrogens is 136 g/mol. The molecule has 60 valence electrons. The van der Waals surface area contributed by atoms with Crippen LogP contribution in [0.25, 0.3) is 0 Å². The molecule has 0 bridgehead atoms. The van der Waals surface area contributed by atoms with Gasteiger partial charge in [0.15, 0.2) is 5.78 Å². The third-order valence-corrected chi connectivity index (χ3v) is 1.96. The Hall–Kier alpha value is -0.850. The lowest BCUT2D eigenvalue weighted by molar-refractivity contribution is -0.113. The average molecular weight is 150 g/mol. The van der Waals surface area contributed by atoms with Gasteiger partial charge in [0.05, 0.1) is 0 Å². The first-order valence-corrected chi connectivity index (χ1v) is 4.09. The lowest BCUT2D eigenvalue weighted by Crippen LogP contribution is -1.95. The van der Waals surface area contributed by atoms with Crippen LogP contribution >= 0.6 is 0 Å². The van der Waals surface area contributed by atoms with Crippen LogP contribution in [0, 0.1) is 5.92 Å². The summed E-state index contributed by atoms with van der Waals surface area (Å²) in [6.07, 6.45) is 8.33. The molecule has 0 saturated heterocycles. The van der Waals surface area contributed by atoms with Crippen LogP contribution in [-0.4, -0.2) is 5.78 Å². The molecule has 0 fully saturated rings. The highest BCUT2D eigenvalue weighted by Crippen LogP contribution is 2.16. The standard InChI is InChI=1S/C10H14O/c1-8-5-3-4-6-10(7-8)9(2)11/h4,6-8H,3,5H2,1-2H3. The number of rotatable bonds is 1. The molecule has 1 nitrogen and oxygen atoms in total. The van der Waals surface area contributed by atoms with Crippen molar-refractivity contribution in [3.63, 3.8) is 0 Å². The topological polar surface area (TPSA) is 17.1 Å². The number of allylic oxidation sites excluding steroid dienone is 4. The van der Waals surface area contributed by atoms with E-state index >= 15 is 0 Å². The Morgan fingerprint density at radius 3 is 3.00 bits per heavy atom. The number of ketones is 1. The van der Waals surface area contributed by atoms with Gasteiger partial charge >= 0.3 is 0 Å². The molecule has 0 aliphatic heterocycles. The molecule has 11 heavy (non-hydrogen) atoms. The molecule has 0 aromatic rings. The highest BCUT2D eigenvalue weighted by atomic mass is 16.1. The summed E-state index contributed by atoms with van der Waals surface area (Å²) in [7, 11) is 0. The van der Waals surface area contributed by atoms with Gasteiger partial charge in [0.2, 0.25) is 0 Å². The third kappa shape index (κ3) is 2.34. The van der Waals surface area contributed by atoms with E-state index in [2.05, 4.69) is 19.1 Å². The SMILES string of the molecule is CC(=O)C1=CC(C)CCC=C1. The van der Waals surface area contributed by atoms with Crippen molar-refractivity contribution in [1.82, 2.24) is 0 Å². The zero-order valence-electron chi connectivity index (χ0n) is 7.13. The van der Waals surface area contributed by atoms with Gasteiger partial charge < -0.3 is 0 Å². The maximum Gasteiger partial charge on any atom is 0.159 e. The van der Waals surface area contributed by atoms with Gasteiger partial charge in [0, 0.05) is 5.57 Å². The molecule has 0 N–H and O–H groups in total. The molecule has 0 heterocycles. The third-order valence-electron chi connectivity index (χ3n) is 1.96. The van der Waals surface area contributed by atoms with Gasteiger partial charge in [-0.3, -0.25) is 4.79 Å². The summed E-state index contributed by atoms with van der Waals surface area (Å²) in [5.74, 6) is 0.721. The summed E-state index contributed by atoms with van der Waals surface area (Å²) in [4.78, 5) is 11.0. The minimum atomic E-state index is 0.176. The first kappa shape index (κ1) is 8.25. The maximum atomic E-state index is 11.0. The van der Waals surface area contributed by atoms with Crippen LogP contribution in [0.3, 0.4) is 0 Å². The van der Waals surface area contributed by atoms with Crippen molar-refractivity contribution in [1.29, 1.82) is 0 Å². The maximum absolute atomic E-state index is 11.0. The van der Waals surface area contributed by atoms with Crippen LogP contribution in [-0.2, 0) is 4.79 Å². The van der Waals surface area contributed by atoms with Gasteiger partial charge in [-0.25, -0.2) is 0 Å². The minimum Gasteiger partial charge on any atom is -0.295 e. The van der Waals surface area contributed by atoms with Crippen LogP contribution in [0.5, 0.6) is 0 Å². The van der Waals surface area contributed by atoms with Crippen molar-refractivity contribution in [3.05, 3.63) is 23.8 Å². The van der Waals surface area contributed by atoms with Crippen LogP contribution in [0.1, 0.15) is 26.7 Å². The van der Waals surface area contributed by atoms with E-state index in [1.54, 1.807) is 6.92 Å². The molecule has 0 aromatic carbocycles. The van der Waals surface area contributed by atoms with Gasteiger partial charge in [-0.05, 0) is 25.7 Å². The number of hydrogen-bond acceptors (Lipinski definition) is 1. The molecule has 1 aliphatic rings. The van der Waals surface area contributed by atoms with E-state index in [1.165, 1.54) is 0 Å². The highest BCUT2D eigenvalue weighted by Gasteiger charge is 2.05. The van der Waals surface area contributed by atoms with Crippen LogP contribution < -0.4 is 0 Å². The van der Waals surface area contributed by atoms with Crippen molar-refractivity contribution >= 4 is 5.78 Å². The second-order valence-corrected chi connectivity index (χ2v) is 3.14. The predicted octanol–water partition coefficient (Wildman–Crippen LogP) is 2.49. The van der Waals surface area contributed by atoms with Crippen LogP contribution in [0.15, 0.2) is 23.8 Å². The smallest absolute Gasteiger partial charge is 0.159 e. The average Bonchev–Trinajstić information content (AvgIpc) is 2.13. The zero-order valence-corrected chi connectivity index (χ0v) is 7.13. The molecule has 0 amide bonds. The van der Waals surface area contributed by atoms with Gasteiger partial charge in [-0.1, -0.05) is 25.2 Å². The zero-order chi connectivity index (χ0) is 8.27. The van der Waals surface area contributed by atoms with Gasteiger partial charge in [-0.15, -0.1) is 0 Å². The van der Waals surface area contributed by atoms with Gasteiger partial charge in [0.1, 0.15) is 0 Å². The molecular formula is C10H14O. The summed E-state index contributed by atoms with van der Waals surface area (Å²) in [6, 6.07) is 0. The molecule has 1 unspecified atom stereocenters. The van der Waals surface area contributed by atoms with E-state index in [0.29, 0.717) is 5.92 Å². The molecule has 0 spiro atoms. The summed E-state index contributed by atoms with van der Waals surface area (Å²) >= 11 is 0. The Morgan fingerprint density at radius 2 is 2.36 bits per heavy atom. The fourth-order valence-electron chi connectivity index (χ4n) is 1.25. The molecule has 1 aliphatic carbocycles. The largest absolute Gasteiger partial charge is 0.295 e. The van der Waals surface area contributed by atoms with E-state index in [4.69, 9.17) is 0 Å². The molecule has 0 aromatic heterocycles. The highest BCUT2D eigenvalue weighted by molar-refractivity contribution is 5.96. The van der Waals surface area contributed by atoms with E-state index in [0.717, 1.165) is 18.4 Å². The van der Waals surface area contributed by atoms with Crippen molar-refractivity contribution < 1.29 is 4.79 Å². The molecule has 1 rings (SSSR count). The first-order valence-electron chi connectivity index (χ1n) is 4.09. The van der Waals surface area contributed by atoms with Crippen molar-refractivity contribution in [2.24, 2.45) is 5.92 Å². The lowest BCUT2D eigenvalue weighted by atomic mass is 10.0. The first-order chi connectivity index (χ1) is 5.20. The normalized spacial score (nSPS) is 24.2. The number of Topliss-reactive ketones (excluding diaryl/α,β-unsaturated/α-hetero) is 1. The molecule has 0 saturated carbocycles. The van der Waals surface area contributed by atoms with E-state index in [1.807, 2.05) is 6.08 Å². The Kier molecular flexibility index (Phi) is 2.64. The van der Waals surface area contributed by atoms with Crippen LogP contribution in [0.2, 0.25) is 0 Å². The number of carbonyl (C=O) groups is 1. The Bertz CT molecular complexity index is 211. The molecule has 1 heteroatoms. The van der Waals surface area contributed by atoms with Gasteiger partial charge in [0.25, 0.3) is 0 Å². The molecule has 0 radical (unpaired) electrons.